The maximum atomic E-state index is 12.1. The first-order valence-corrected chi connectivity index (χ1v) is 8.93. The molecular formula is C13H24N2O5S. The normalized spacial score (nSPS) is 19.1. The number of rotatable bonds is 7. The third-order valence-electron chi connectivity index (χ3n) is 3.77. The molecule has 1 saturated heterocycles. The van der Waals surface area contributed by atoms with Gasteiger partial charge in [-0.3, -0.25) is 4.79 Å². The molecule has 0 aliphatic carbocycles. The highest BCUT2D eigenvalue weighted by Gasteiger charge is 2.31. The van der Waals surface area contributed by atoms with Crippen LogP contribution in [0.4, 0.5) is 0 Å². The molecule has 0 aromatic heterocycles. The number of nitrogens with zero attached hydrogens (tertiary/aromatic N) is 1. The second kappa shape index (κ2) is 7.74. The largest absolute Gasteiger partial charge is 0.480 e. The van der Waals surface area contributed by atoms with Crippen LogP contribution >= 0.6 is 0 Å². The topological polar surface area (TPSA) is 104 Å². The molecule has 1 amide bonds. The quantitative estimate of drug-likeness (QED) is 0.707. The van der Waals surface area contributed by atoms with E-state index in [1.165, 1.54) is 4.31 Å². The molecule has 1 aliphatic rings. The van der Waals surface area contributed by atoms with Crippen LogP contribution in [0.2, 0.25) is 0 Å². The summed E-state index contributed by atoms with van der Waals surface area (Å²) in [6.07, 6.45) is 1.93. The molecule has 0 bridgehead atoms. The first-order chi connectivity index (χ1) is 9.81. The van der Waals surface area contributed by atoms with Crippen molar-refractivity contribution in [2.24, 2.45) is 5.92 Å². The predicted octanol–water partition coefficient (Wildman–Crippen LogP) is 0.418. The van der Waals surface area contributed by atoms with Crippen molar-refractivity contribution in [3.05, 3.63) is 0 Å². The first-order valence-electron chi connectivity index (χ1n) is 7.32. The van der Waals surface area contributed by atoms with Gasteiger partial charge in [-0.05, 0) is 26.2 Å². The SMILES string of the molecule is CCC[C@@H](NC(=O)C1CCN(S(=O)(=O)CC)CC1)C(=O)O. The number of carbonyl (C=O) groups is 2. The van der Waals surface area contributed by atoms with E-state index < -0.39 is 22.0 Å². The van der Waals surface area contributed by atoms with E-state index in [0.29, 0.717) is 38.8 Å². The minimum absolute atomic E-state index is 0.0570. The minimum atomic E-state index is -3.21. The Labute approximate surface area is 125 Å². The van der Waals surface area contributed by atoms with E-state index in [1.807, 2.05) is 6.92 Å². The Morgan fingerprint density at radius 3 is 2.29 bits per heavy atom. The highest BCUT2D eigenvalue weighted by molar-refractivity contribution is 7.89. The van der Waals surface area contributed by atoms with Crippen LogP contribution in [0.5, 0.6) is 0 Å². The minimum Gasteiger partial charge on any atom is -0.480 e. The van der Waals surface area contributed by atoms with Crippen molar-refractivity contribution in [2.75, 3.05) is 18.8 Å². The molecule has 1 heterocycles. The summed E-state index contributed by atoms with van der Waals surface area (Å²) < 4.78 is 24.9. The van der Waals surface area contributed by atoms with Crippen LogP contribution in [-0.4, -0.2) is 54.6 Å². The predicted molar refractivity (Wildman–Crippen MR) is 78.2 cm³/mol. The second-order valence-electron chi connectivity index (χ2n) is 5.26. The molecule has 0 radical (unpaired) electrons. The van der Waals surface area contributed by atoms with Gasteiger partial charge in [-0.1, -0.05) is 13.3 Å². The number of aliphatic carboxylic acids is 1. The summed E-state index contributed by atoms with van der Waals surface area (Å²) in [7, 11) is -3.21. The van der Waals surface area contributed by atoms with Gasteiger partial charge >= 0.3 is 5.97 Å². The maximum Gasteiger partial charge on any atom is 0.326 e. The number of hydrogen-bond donors (Lipinski definition) is 2. The number of nitrogens with one attached hydrogen (secondary N) is 1. The van der Waals surface area contributed by atoms with Gasteiger partial charge in [-0.25, -0.2) is 17.5 Å². The Balaban J connectivity index is 2.54. The molecule has 0 unspecified atom stereocenters. The van der Waals surface area contributed by atoms with Crippen molar-refractivity contribution in [1.29, 1.82) is 0 Å². The number of hydrogen-bond acceptors (Lipinski definition) is 4. The monoisotopic (exact) mass is 320 g/mol. The molecule has 1 atom stereocenters. The van der Waals surface area contributed by atoms with Crippen LogP contribution in [-0.2, 0) is 19.6 Å². The van der Waals surface area contributed by atoms with Crippen LogP contribution in [0.3, 0.4) is 0 Å². The zero-order chi connectivity index (χ0) is 16.0. The van der Waals surface area contributed by atoms with Crippen LogP contribution in [0.15, 0.2) is 0 Å². The summed E-state index contributed by atoms with van der Waals surface area (Å²) in [5, 5.41) is 11.6. The van der Waals surface area contributed by atoms with Gasteiger partial charge in [-0.2, -0.15) is 0 Å². The number of piperidine rings is 1. The van der Waals surface area contributed by atoms with Crippen LogP contribution in [0.25, 0.3) is 0 Å². The molecule has 0 aromatic rings. The first kappa shape index (κ1) is 17.9. The third kappa shape index (κ3) is 4.96. The molecule has 1 rings (SSSR count). The Kier molecular flexibility index (Phi) is 6.60. The molecule has 122 valence electrons. The van der Waals surface area contributed by atoms with E-state index in [1.54, 1.807) is 6.92 Å². The second-order valence-corrected chi connectivity index (χ2v) is 7.52. The van der Waals surface area contributed by atoms with Gasteiger partial charge < -0.3 is 10.4 Å². The molecule has 0 spiro atoms. The summed E-state index contributed by atoms with van der Waals surface area (Å²) in [4.78, 5) is 23.1. The van der Waals surface area contributed by atoms with E-state index in [0.717, 1.165) is 0 Å². The Morgan fingerprint density at radius 1 is 1.29 bits per heavy atom. The number of sulfonamides is 1. The molecule has 7 nitrogen and oxygen atoms in total. The molecule has 2 N–H and O–H groups in total. The summed E-state index contributed by atoms with van der Waals surface area (Å²) in [5.41, 5.74) is 0. The van der Waals surface area contributed by atoms with Gasteiger partial charge in [0.2, 0.25) is 15.9 Å². The van der Waals surface area contributed by atoms with E-state index >= 15 is 0 Å². The summed E-state index contributed by atoms with van der Waals surface area (Å²) in [6.45, 7) is 4.09. The smallest absolute Gasteiger partial charge is 0.326 e. The Hall–Kier alpha value is -1.15. The molecule has 0 aromatic carbocycles. The van der Waals surface area contributed by atoms with Gasteiger partial charge in [0.15, 0.2) is 0 Å². The molecule has 8 heteroatoms. The zero-order valence-corrected chi connectivity index (χ0v) is 13.4. The van der Waals surface area contributed by atoms with E-state index in [-0.39, 0.29) is 17.6 Å². The molecule has 1 aliphatic heterocycles. The molecular weight excluding hydrogens is 296 g/mol. The summed E-state index contributed by atoms with van der Waals surface area (Å²) in [6, 6.07) is -0.861. The average molecular weight is 320 g/mol. The third-order valence-corrected chi connectivity index (χ3v) is 5.66. The van der Waals surface area contributed by atoms with Crippen molar-refractivity contribution in [1.82, 2.24) is 9.62 Å². The fourth-order valence-electron chi connectivity index (χ4n) is 2.41. The molecule has 0 saturated carbocycles. The van der Waals surface area contributed by atoms with Crippen molar-refractivity contribution < 1.29 is 23.1 Å². The number of amides is 1. The van der Waals surface area contributed by atoms with Crippen LogP contribution < -0.4 is 5.32 Å². The summed E-state index contributed by atoms with van der Waals surface area (Å²) >= 11 is 0. The lowest BCUT2D eigenvalue weighted by molar-refractivity contribution is -0.142. The summed E-state index contributed by atoms with van der Waals surface area (Å²) in [5.74, 6) is -1.57. The van der Waals surface area contributed by atoms with Gasteiger partial charge in [0.1, 0.15) is 6.04 Å². The maximum absolute atomic E-state index is 12.1. The highest BCUT2D eigenvalue weighted by atomic mass is 32.2. The fourth-order valence-corrected chi connectivity index (χ4v) is 3.55. The molecule has 21 heavy (non-hydrogen) atoms. The van der Waals surface area contributed by atoms with E-state index in [9.17, 15) is 18.0 Å². The highest BCUT2D eigenvalue weighted by Crippen LogP contribution is 2.20. The van der Waals surface area contributed by atoms with Crippen molar-refractivity contribution in [3.8, 4) is 0 Å². The van der Waals surface area contributed by atoms with Crippen molar-refractivity contribution in [2.45, 2.75) is 45.6 Å². The number of carboxylic acids is 1. The Morgan fingerprint density at radius 2 is 1.86 bits per heavy atom. The average Bonchev–Trinajstić information content (AvgIpc) is 2.46. The lowest BCUT2D eigenvalue weighted by atomic mass is 9.96. The Bertz CT molecular complexity index is 469. The van der Waals surface area contributed by atoms with E-state index in [4.69, 9.17) is 5.11 Å². The van der Waals surface area contributed by atoms with Gasteiger partial charge in [0.05, 0.1) is 5.75 Å². The lowest BCUT2D eigenvalue weighted by Gasteiger charge is -2.30. The van der Waals surface area contributed by atoms with Crippen LogP contribution in [0, 0.1) is 5.92 Å². The van der Waals surface area contributed by atoms with Gasteiger partial charge in [0, 0.05) is 19.0 Å². The van der Waals surface area contributed by atoms with Crippen LogP contribution in [0.1, 0.15) is 39.5 Å². The van der Waals surface area contributed by atoms with Gasteiger partial charge in [0.25, 0.3) is 0 Å². The number of carboxylic acid groups (broad SMARTS) is 1. The van der Waals surface area contributed by atoms with Gasteiger partial charge in [-0.15, -0.1) is 0 Å². The molecule has 1 fully saturated rings. The zero-order valence-electron chi connectivity index (χ0n) is 12.5. The number of carbonyl (C=O) groups excluding carboxylic acids is 1. The fraction of sp³-hybridized carbons (Fsp3) is 0.846. The standard InChI is InChI=1S/C13H24N2O5S/c1-3-5-11(13(17)18)14-12(16)10-6-8-15(9-7-10)21(19,20)4-2/h10-11H,3-9H2,1-2H3,(H,14,16)(H,17,18)/t11-/m1/s1. The van der Waals surface area contributed by atoms with Crippen molar-refractivity contribution >= 4 is 21.9 Å². The van der Waals surface area contributed by atoms with E-state index in [2.05, 4.69) is 5.32 Å². The van der Waals surface area contributed by atoms with Crippen molar-refractivity contribution in [3.63, 3.8) is 0 Å². The lowest BCUT2D eigenvalue weighted by Crippen LogP contribution is -2.47.